The van der Waals surface area contributed by atoms with Gasteiger partial charge in [-0.05, 0) is 18.9 Å². The standard InChI is InChI=1S/C20H20N2S/c1-3-9-15(10-4-1)19-21-18-14-8-7-13-17(18)20(22-19)23-16-11-5-2-6-12-16/h1,3-4,7-10,13-14,16H,2,5-6,11-12H2. The zero-order valence-electron chi connectivity index (χ0n) is 13.1. The van der Waals surface area contributed by atoms with Gasteiger partial charge in [0.25, 0.3) is 0 Å². The molecule has 1 aliphatic carbocycles. The van der Waals surface area contributed by atoms with Gasteiger partial charge in [-0.15, -0.1) is 11.8 Å². The topological polar surface area (TPSA) is 25.8 Å². The number of para-hydroxylation sites is 1. The van der Waals surface area contributed by atoms with E-state index in [9.17, 15) is 0 Å². The van der Waals surface area contributed by atoms with E-state index in [0.29, 0.717) is 5.25 Å². The van der Waals surface area contributed by atoms with E-state index < -0.39 is 0 Å². The fourth-order valence-electron chi connectivity index (χ4n) is 3.19. The van der Waals surface area contributed by atoms with Crippen molar-refractivity contribution >= 4 is 22.7 Å². The zero-order chi connectivity index (χ0) is 15.5. The molecular formula is C20H20N2S. The first-order chi connectivity index (χ1) is 11.4. The molecule has 23 heavy (non-hydrogen) atoms. The Labute approximate surface area is 141 Å². The van der Waals surface area contributed by atoms with Crippen LogP contribution in [0.5, 0.6) is 0 Å². The molecular weight excluding hydrogens is 300 g/mol. The third kappa shape index (κ3) is 3.25. The highest BCUT2D eigenvalue weighted by molar-refractivity contribution is 8.00. The van der Waals surface area contributed by atoms with E-state index in [-0.39, 0.29) is 0 Å². The Balaban J connectivity index is 1.77. The second-order valence-electron chi connectivity index (χ2n) is 6.11. The third-order valence-corrected chi connectivity index (χ3v) is 5.77. The van der Waals surface area contributed by atoms with Crippen LogP contribution in [0.2, 0.25) is 0 Å². The molecule has 0 saturated heterocycles. The predicted octanol–water partition coefficient (Wildman–Crippen LogP) is 5.72. The van der Waals surface area contributed by atoms with Crippen LogP contribution in [0.3, 0.4) is 0 Å². The first-order valence-corrected chi connectivity index (χ1v) is 9.27. The van der Waals surface area contributed by atoms with Crippen LogP contribution < -0.4 is 0 Å². The van der Waals surface area contributed by atoms with Gasteiger partial charge in [-0.1, -0.05) is 67.8 Å². The van der Waals surface area contributed by atoms with Gasteiger partial charge in [0.05, 0.1) is 5.52 Å². The number of hydrogen-bond donors (Lipinski definition) is 0. The fourth-order valence-corrected chi connectivity index (χ4v) is 4.52. The first kappa shape index (κ1) is 14.7. The second kappa shape index (κ2) is 6.71. The second-order valence-corrected chi connectivity index (χ2v) is 7.40. The average Bonchev–Trinajstić information content (AvgIpc) is 2.63. The Morgan fingerprint density at radius 2 is 1.52 bits per heavy atom. The quantitative estimate of drug-likeness (QED) is 0.577. The number of thioether (sulfide) groups is 1. The molecule has 0 atom stereocenters. The molecule has 0 radical (unpaired) electrons. The molecule has 1 saturated carbocycles. The van der Waals surface area contributed by atoms with Gasteiger partial charge in [-0.2, -0.15) is 0 Å². The maximum absolute atomic E-state index is 4.92. The summed E-state index contributed by atoms with van der Waals surface area (Å²) in [5.74, 6) is 0.836. The molecule has 3 heteroatoms. The van der Waals surface area contributed by atoms with E-state index in [4.69, 9.17) is 9.97 Å². The maximum atomic E-state index is 4.92. The largest absolute Gasteiger partial charge is 0.228 e. The Hall–Kier alpha value is -1.87. The summed E-state index contributed by atoms with van der Waals surface area (Å²) in [6.45, 7) is 0. The van der Waals surface area contributed by atoms with Crippen LogP contribution in [0, 0.1) is 0 Å². The molecule has 2 nitrogen and oxygen atoms in total. The predicted molar refractivity (Wildman–Crippen MR) is 97.7 cm³/mol. The van der Waals surface area contributed by atoms with E-state index in [0.717, 1.165) is 21.9 Å². The van der Waals surface area contributed by atoms with Crippen LogP contribution in [-0.4, -0.2) is 15.2 Å². The van der Waals surface area contributed by atoms with Crippen molar-refractivity contribution in [1.82, 2.24) is 9.97 Å². The SMILES string of the molecule is c1ccc(-c2nc(SC3CCCCC3)c3ccccc3n2)cc1. The summed E-state index contributed by atoms with van der Waals surface area (Å²) in [5, 5.41) is 3.02. The highest BCUT2D eigenvalue weighted by Gasteiger charge is 2.18. The number of benzene rings is 2. The number of rotatable bonds is 3. The summed E-state index contributed by atoms with van der Waals surface area (Å²) in [4.78, 5) is 9.69. The minimum absolute atomic E-state index is 0.700. The summed E-state index contributed by atoms with van der Waals surface area (Å²) in [5.41, 5.74) is 2.13. The van der Waals surface area contributed by atoms with Gasteiger partial charge in [0.2, 0.25) is 0 Å². The van der Waals surface area contributed by atoms with Gasteiger partial charge < -0.3 is 0 Å². The minimum atomic E-state index is 0.700. The van der Waals surface area contributed by atoms with Crippen LogP contribution in [0.25, 0.3) is 22.3 Å². The summed E-state index contributed by atoms with van der Waals surface area (Å²) in [7, 11) is 0. The highest BCUT2D eigenvalue weighted by Crippen LogP contribution is 2.36. The normalized spacial score (nSPS) is 15.8. The monoisotopic (exact) mass is 320 g/mol. The van der Waals surface area contributed by atoms with Crippen LogP contribution in [-0.2, 0) is 0 Å². The van der Waals surface area contributed by atoms with Crippen molar-refractivity contribution < 1.29 is 0 Å². The van der Waals surface area contributed by atoms with Gasteiger partial charge in [0.15, 0.2) is 5.82 Å². The van der Waals surface area contributed by atoms with Crippen molar-refractivity contribution in [3.63, 3.8) is 0 Å². The molecule has 0 unspecified atom stereocenters. The van der Waals surface area contributed by atoms with Crippen molar-refractivity contribution in [2.45, 2.75) is 42.4 Å². The van der Waals surface area contributed by atoms with E-state index >= 15 is 0 Å². The van der Waals surface area contributed by atoms with Crippen molar-refractivity contribution in [3.05, 3.63) is 54.6 Å². The molecule has 3 aromatic rings. The molecule has 1 fully saturated rings. The average molecular weight is 320 g/mol. The van der Waals surface area contributed by atoms with Crippen molar-refractivity contribution in [2.75, 3.05) is 0 Å². The Morgan fingerprint density at radius 1 is 0.783 bits per heavy atom. The van der Waals surface area contributed by atoms with Gasteiger partial charge in [-0.25, -0.2) is 9.97 Å². The summed E-state index contributed by atoms with van der Waals surface area (Å²) < 4.78 is 0. The van der Waals surface area contributed by atoms with E-state index in [1.807, 2.05) is 30.0 Å². The fraction of sp³-hybridized carbons (Fsp3) is 0.300. The van der Waals surface area contributed by atoms with Gasteiger partial charge in [0, 0.05) is 16.2 Å². The van der Waals surface area contributed by atoms with Crippen LogP contribution in [0.4, 0.5) is 0 Å². The van der Waals surface area contributed by atoms with Gasteiger partial charge >= 0.3 is 0 Å². The molecule has 0 N–H and O–H groups in total. The van der Waals surface area contributed by atoms with Crippen molar-refractivity contribution in [3.8, 4) is 11.4 Å². The third-order valence-electron chi connectivity index (χ3n) is 4.43. The molecule has 1 heterocycles. The number of fused-ring (bicyclic) bond motifs is 1. The number of aromatic nitrogens is 2. The number of nitrogens with zero attached hydrogens (tertiary/aromatic N) is 2. The molecule has 0 amide bonds. The zero-order valence-corrected chi connectivity index (χ0v) is 13.9. The van der Waals surface area contributed by atoms with Crippen LogP contribution in [0.15, 0.2) is 59.6 Å². The summed E-state index contributed by atoms with van der Waals surface area (Å²) in [6, 6.07) is 18.7. The van der Waals surface area contributed by atoms with Crippen molar-refractivity contribution in [1.29, 1.82) is 0 Å². The first-order valence-electron chi connectivity index (χ1n) is 8.39. The Bertz CT molecular complexity index is 795. The molecule has 116 valence electrons. The number of hydrogen-bond acceptors (Lipinski definition) is 3. The maximum Gasteiger partial charge on any atom is 0.161 e. The molecule has 2 aromatic carbocycles. The molecule has 4 rings (SSSR count). The Kier molecular flexibility index (Phi) is 4.29. The summed E-state index contributed by atoms with van der Waals surface area (Å²) in [6.07, 6.45) is 6.71. The molecule has 1 aromatic heterocycles. The highest BCUT2D eigenvalue weighted by atomic mass is 32.2. The van der Waals surface area contributed by atoms with Gasteiger partial charge in [0.1, 0.15) is 5.03 Å². The lowest BCUT2D eigenvalue weighted by Crippen LogP contribution is -2.08. The lowest BCUT2D eigenvalue weighted by molar-refractivity contribution is 0.516. The molecule has 0 aliphatic heterocycles. The van der Waals surface area contributed by atoms with Gasteiger partial charge in [-0.3, -0.25) is 0 Å². The van der Waals surface area contributed by atoms with E-state index in [1.54, 1.807) is 0 Å². The van der Waals surface area contributed by atoms with Crippen molar-refractivity contribution in [2.24, 2.45) is 0 Å². The van der Waals surface area contributed by atoms with Crippen LogP contribution in [0.1, 0.15) is 32.1 Å². The van der Waals surface area contributed by atoms with Crippen LogP contribution >= 0.6 is 11.8 Å². The summed E-state index contributed by atoms with van der Waals surface area (Å²) >= 11 is 1.95. The van der Waals surface area contributed by atoms with E-state index in [2.05, 4.69) is 36.4 Å². The molecule has 0 spiro atoms. The smallest absolute Gasteiger partial charge is 0.161 e. The Morgan fingerprint density at radius 3 is 2.35 bits per heavy atom. The van der Waals surface area contributed by atoms with E-state index in [1.165, 1.54) is 37.5 Å². The lowest BCUT2D eigenvalue weighted by atomic mass is 10.0. The molecule has 1 aliphatic rings. The lowest BCUT2D eigenvalue weighted by Gasteiger charge is -2.21. The minimum Gasteiger partial charge on any atom is -0.228 e. The molecule has 0 bridgehead atoms.